The van der Waals surface area contributed by atoms with Gasteiger partial charge in [-0.25, -0.2) is 0 Å². The van der Waals surface area contributed by atoms with Gasteiger partial charge in [-0.1, -0.05) is 0 Å². The number of para-hydroxylation sites is 2. The van der Waals surface area contributed by atoms with E-state index in [1.807, 2.05) is 86.6 Å². The Morgan fingerprint density at radius 1 is 0.488 bits per heavy atom. The minimum atomic E-state index is -1.43. The molecule has 0 spiro atoms. The third kappa shape index (κ3) is 6.91. The van der Waals surface area contributed by atoms with Crippen LogP contribution in [-0.4, -0.2) is 46.2 Å². The van der Waals surface area contributed by atoms with Crippen LogP contribution in [0.25, 0.3) is 21.8 Å². The molecule has 41 heavy (non-hydrogen) atoms. The fraction of sp³-hybridized carbons (Fsp3) is 0.0909. The average Bonchev–Trinajstić information content (AvgIpc) is 2.99. The quantitative estimate of drug-likeness (QED) is 0.149. The monoisotopic (exact) mass is 652 g/mol. The van der Waals surface area contributed by atoms with Crippen LogP contribution in [0.15, 0.2) is 109 Å². The topological polar surface area (TPSA) is 62.7 Å². The SMILES string of the molecule is Cc1ccc2cccc([O][Ga][O]c3ccc(Cc4ccc([O][Ga][O]c5cccc6ccc(C)nc56)cc4)cc3)c2n1. The minimum absolute atomic E-state index is 0.783. The number of benzene rings is 4. The molecule has 0 aliphatic heterocycles. The van der Waals surface area contributed by atoms with Gasteiger partial charge in [-0.05, 0) is 0 Å². The number of pyridine rings is 2. The van der Waals surface area contributed by atoms with E-state index in [1.165, 1.54) is 11.1 Å². The summed E-state index contributed by atoms with van der Waals surface area (Å²) >= 11 is -2.86. The first-order chi connectivity index (χ1) is 20.1. The first-order valence-electron chi connectivity index (χ1n) is 13.3. The standard InChI is InChI=1S/C13H12O2.2C10H9NO.2Ga/c14-12-5-1-10(2-6-12)9-11-3-7-13(15)8-4-11;2*1-7-5-6-8-3-2-4-9(12)10(8)11-7;;/h1-8,14-15H,9H2;2*2-6,12H,1H3;;/q;;;2*+2/p-4. The molecule has 2 aromatic heterocycles. The van der Waals surface area contributed by atoms with Crippen LogP contribution in [0.2, 0.25) is 0 Å². The Morgan fingerprint density at radius 3 is 1.37 bits per heavy atom. The molecule has 198 valence electrons. The van der Waals surface area contributed by atoms with Gasteiger partial charge in [-0.3, -0.25) is 0 Å². The summed E-state index contributed by atoms with van der Waals surface area (Å²) in [5, 5.41) is 2.14. The number of aryl methyl sites for hydroxylation is 2. The fourth-order valence-electron chi connectivity index (χ4n) is 4.50. The number of nitrogens with zero attached hydrogens (tertiary/aromatic N) is 2. The van der Waals surface area contributed by atoms with Crippen molar-refractivity contribution in [2.24, 2.45) is 0 Å². The third-order valence-corrected chi connectivity index (χ3v) is 9.63. The molecule has 0 aliphatic carbocycles. The molecule has 6 aromatic rings. The number of rotatable bonds is 10. The molecule has 0 amide bonds. The molecule has 4 aromatic carbocycles. The Balaban J connectivity index is 0.988. The number of fused-ring (bicyclic) bond motifs is 2. The molecule has 8 heteroatoms. The summed E-state index contributed by atoms with van der Waals surface area (Å²) in [7, 11) is 0. The molecule has 0 saturated heterocycles. The summed E-state index contributed by atoms with van der Waals surface area (Å²) in [4.78, 5) is 9.26. The second kappa shape index (κ2) is 12.8. The predicted octanol–water partition coefficient (Wildman–Crippen LogP) is 6.97. The molecule has 0 bridgehead atoms. The van der Waals surface area contributed by atoms with E-state index in [0.29, 0.717) is 0 Å². The van der Waals surface area contributed by atoms with Crippen LogP contribution in [-0.2, 0) is 6.42 Å². The predicted molar refractivity (Wildman–Crippen MR) is 163 cm³/mol. The van der Waals surface area contributed by atoms with Gasteiger partial charge in [0.05, 0.1) is 0 Å². The molecular formula is C33H26Ga2N2O4. The van der Waals surface area contributed by atoms with Crippen LogP contribution in [0, 0.1) is 13.8 Å². The Hall–Kier alpha value is -3.83. The molecule has 0 aliphatic rings. The van der Waals surface area contributed by atoms with E-state index in [2.05, 4.69) is 46.4 Å². The van der Waals surface area contributed by atoms with Gasteiger partial charge < -0.3 is 0 Å². The van der Waals surface area contributed by atoms with Gasteiger partial charge in [0.1, 0.15) is 0 Å². The Kier molecular flexibility index (Phi) is 8.52. The van der Waals surface area contributed by atoms with Gasteiger partial charge in [0.15, 0.2) is 0 Å². The van der Waals surface area contributed by atoms with Crippen molar-refractivity contribution in [3.8, 4) is 23.0 Å². The molecule has 2 radical (unpaired) electrons. The van der Waals surface area contributed by atoms with Gasteiger partial charge in [-0.2, -0.15) is 0 Å². The third-order valence-electron chi connectivity index (χ3n) is 6.62. The van der Waals surface area contributed by atoms with Gasteiger partial charge in [-0.15, -0.1) is 0 Å². The van der Waals surface area contributed by atoms with E-state index in [-0.39, 0.29) is 0 Å². The van der Waals surface area contributed by atoms with Gasteiger partial charge >= 0.3 is 257 Å². The second-order valence-corrected chi connectivity index (χ2v) is 12.5. The molecule has 0 atom stereocenters. The van der Waals surface area contributed by atoms with Gasteiger partial charge in [0.25, 0.3) is 0 Å². The van der Waals surface area contributed by atoms with E-state index in [0.717, 1.165) is 62.6 Å². The molecule has 0 saturated carbocycles. The molecule has 0 fully saturated rings. The summed E-state index contributed by atoms with van der Waals surface area (Å²) in [6, 6.07) is 36.5. The van der Waals surface area contributed by atoms with Crippen molar-refractivity contribution >= 4 is 58.1 Å². The van der Waals surface area contributed by atoms with Crippen LogP contribution in [0.5, 0.6) is 23.0 Å². The zero-order valence-electron chi connectivity index (χ0n) is 22.8. The Morgan fingerprint density at radius 2 is 0.927 bits per heavy atom. The van der Waals surface area contributed by atoms with Crippen molar-refractivity contribution in [2.75, 3.05) is 0 Å². The van der Waals surface area contributed by atoms with Crippen molar-refractivity contribution in [3.05, 3.63) is 132 Å². The molecule has 6 nitrogen and oxygen atoms in total. The molecular weight excluding hydrogens is 628 g/mol. The van der Waals surface area contributed by atoms with Crippen LogP contribution in [0.3, 0.4) is 0 Å². The molecule has 2 heterocycles. The maximum atomic E-state index is 6.04. The van der Waals surface area contributed by atoms with Crippen molar-refractivity contribution < 1.29 is 14.1 Å². The summed E-state index contributed by atoms with van der Waals surface area (Å²) in [5.74, 6) is 3.21. The Bertz CT molecular complexity index is 1660. The summed E-state index contributed by atoms with van der Waals surface area (Å²) in [5.41, 5.74) is 6.12. The summed E-state index contributed by atoms with van der Waals surface area (Å²) in [6.45, 7) is 3.97. The summed E-state index contributed by atoms with van der Waals surface area (Å²) in [6.07, 6.45) is 0.827. The molecule has 6 rings (SSSR count). The van der Waals surface area contributed by atoms with E-state index in [9.17, 15) is 0 Å². The van der Waals surface area contributed by atoms with Crippen molar-refractivity contribution in [1.29, 1.82) is 0 Å². The maximum absolute atomic E-state index is 6.04. The first-order valence-corrected chi connectivity index (χ1v) is 17.3. The zero-order valence-corrected chi connectivity index (χ0v) is 27.6. The van der Waals surface area contributed by atoms with E-state index < -0.39 is 36.3 Å². The fourth-order valence-corrected chi connectivity index (χ4v) is 7.06. The van der Waals surface area contributed by atoms with Gasteiger partial charge in [0, 0.05) is 0 Å². The molecule has 0 unspecified atom stereocenters. The van der Waals surface area contributed by atoms with Crippen LogP contribution >= 0.6 is 0 Å². The van der Waals surface area contributed by atoms with Crippen molar-refractivity contribution in [2.45, 2.75) is 20.3 Å². The first kappa shape index (κ1) is 27.3. The molecule has 0 N–H and O–H groups in total. The van der Waals surface area contributed by atoms with Crippen molar-refractivity contribution in [1.82, 2.24) is 9.97 Å². The van der Waals surface area contributed by atoms with Crippen LogP contribution in [0.1, 0.15) is 22.5 Å². The normalized spacial score (nSPS) is 10.8. The Labute approximate surface area is 255 Å². The second-order valence-electron chi connectivity index (χ2n) is 9.69. The number of hydrogen-bond acceptors (Lipinski definition) is 6. The van der Waals surface area contributed by atoms with Crippen LogP contribution < -0.4 is 14.1 Å². The summed E-state index contributed by atoms with van der Waals surface area (Å²) < 4.78 is 24.1. The van der Waals surface area contributed by atoms with E-state index in [1.54, 1.807) is 0 Å². The zero-order chi connectivity index (χ0) is 28.0. The van der Waals surface area contributed by atoms with Crippen molar-refractivity contribution in [3.63, 3.8) is 0 Å². The van der Waals surface area contributed by atoms with E-state index >= 15 is 0 Å². The van der Waals surface area contributed by atoms with Gasteiger partial charge in [0.2, 0.25) is 0 Å². The average molecular weight is 654 g/mol. The van der Waals surface area contributed by atoms with E-state index in [4.69, 9.17) is 14.1 Å². The number of hydrogen-bond donors (Lipinski definition) is 0. The van der Waals surface area contributed by atoms with Crippen LogP contribution in [0.4, 0.5) is 0 Å². The number of aromatic nitrogens is 2.